The summed E-state index contributed by atoms with van der Waals surface area (Å²) < 4.78 is 37.7. The largest absolute Gasteiger partial charge is 0.586 e. The van der Waals surface area contributed by atoms with Crippen LogP contribution in [-0.4, -0.2) is 62.9 Å². The molecular formula is C24H28F2N6O4. The fourth-order valence-electron chi connectivity index (χ4n) is 4.46. The van der Waals surface area contributed by atoms with Crippen molar-refractivity contribution >= 4 is 28.6 Å². The summed E-state index contributed by atoms with van der Waals surface area (Å²) in [6, 6.07) is 4.27. The first-order valence-electron chi connectivity index (χ1n) is 11.8. The van der Waals surface area contributed by atoms with Crippen molar-refractivity contribution in [2.75, 3.05) is 36.4 Å². The number of anilines is 2. The van der Waals surface area contributed by atoms with Gasteiger partial charge in [0.25, 0.3) is 0 Å². The Morgan fingerprint density at radius 3 is 2.47 bits per heavy atom. The van der Waals surface area contributed by atoms with Crippen molar-refractivity contribution in [3.63, 3.8) is 0 Å². The van der Waals surface area contributed by atoms with Crippen molar-refractivity contribution in [1.82, 2.24) is 19.4 Å². The summed E-state index contributed by atoms with van der Waals surface area (Å²) >= 11 is 0. The molecule has 0 aliphatic carbocycles. The lowest BCUT2D eigenvalue weighted by Gasteiger charge is -2.34. The van der Waals surface area contributed by atoms with Gasteiger partial charge in [-0.15, -0.1) is 8.78 Å². The molecule has 36 heavy (non-hydrogen) atoms. The van der Waals surface area contributed by atoms with Crippen LogP contribution in [-0.2, 0) is 4.79 Å². The molecule has 0 bridgehead atoms. The Kier molecular flexibility index (Phi) is 5.76. The SMILES string of the molecule is CC(=O)N1CCN(c2nc(N[C@H](C)c3ccc4c(c3)OC(F)(F)O4)c3cn(C(C)C)c(O)c3n2)CC1. The quantitative estimate of drug-likeness (QED) is 0.542. The number of halogens is 2. The number of carbonyl (C=O) groups is 1. The minimum atomic E-state index is -3.69. The standard InChI is InChI=1S/C24H28F2N6O4/c1-13(2)32-12-17-20(22(32)34)28-23(31-9-7-30(8-10-31)15(4)33)29-21(17)27-14(3)16-5-6-18-19(11-16)36-24(25,26)35-18/h5-6,11-14,34H,7-10H2,1-4H3,(H,27,28,29)/t14-/m1/s1. The first-order chi connectivity index (χ1) is 17.0. The molecule has 2 aromatic heterocycles. The van der Waals surface area contributed by atoms with Gasteiger partial charge >= 0.3 is 6.29 Å². The first-order valence-corrected chi connectivity index (χ1v) is 11.8. The summed E-state index contributed by atoms with van der Waals surface area (Å²) in [5.74, 6) is 0.928. The number of hydrogen-bond acceptors (Lipinski definition) is 8. The van der Waals surface area contributed by atoms with Gasteiger partial charge in [0.1, 0.15) is 11.3 Å². The Morgan fingerprint density at radius 1 is 1.11 bits per heavy atom. The highest BCUT2D eigenvalue weighted by Crippen LogP contribution is 2.42. The zero-order valence-electron chi connectivity index (χ0n) is 20.5. The lowest BCUT2D eigenvalue weighted by atomic mass is 10.1. The van der Waals surface area contributed by atoms with E-state index in [-0.39, 0.29) is 35.4 Å². The summed E-state index contributed by atoms with van der Waals surface area (Å²) in [5.41, 5.74) is 1.09. The molecule has 12 heteroatoms. The Balaban J connectivity index is 1.49. The van der Waals surface area contributed by atoms with Crippen LogP contribution in [0.3, 0.4) is 0 Å². The Bertz CT molecular complexity index is 1320. The van der Waals surface area contributed by atoms with Crippen LogP contribution >= 0.6 is 0 Å². The highest BCUT2D eigenvalue weighted by Gasteiger charge is 2.43. The maximum Gasteiger partial charge on any atom is 0.586 e. The number of amides is 1. The number of rotatable bonds is 5. The van der Waals surface area contributed by atoms with Crippen molar-refractivity contribution in [2.45, 2.75) is 46.1 Å². The van der Waals surface area contributed by atoms with E-state index in [1.54, 1.807) is 28.7 Å². The molecule has 192 valence electrons. The van der Waals surface area contributed by atoms with E-state index in [4.69, 9.17) is 4.98 Å². The molecule has 2 N–H and O–H groups in total. The predicted molar refractivity (Wildman–Crippen MR) is 129 cm³/mol. The van der Waals surface area contributed by atoms with Crippen molar-refractivity contribution in [2.24, 2.45) is 0 Å². The van der Waals surface area contributed by atoms with Gasteiger partial charge in [0, 0.05) is 45.3 Å². The van der Waals surface area contributed by atoms with E-state index in [1.165, 1.54) is 12.1 Å². The van der Waals surface area contributed by atoms with E-state index >= 15 is 0 Å². The van der Waals surface area contributed by atoms with E-state index in [1.807, 2.05) is 25.7 Å². The van der Waals surface area contributed by atoms with Gasteiger partial charge in [-0.2, -0.15) is 4.98 Å². The number of aromatic nitrogens is 3. The number of alkyl halides is 2. The summed E-state index contributed by atoms with van der Waals surface area (Å²) in [7, 11) is 0. The van der Waals surface area contributed by atoms with Crippen molar-refractivity contribution in [1.29, 1.82) is 0 Å². The average molecular weight is 503 g/mol. The number of fused-ring (bicyclic) bond motifs is 2. The Morgan fingerprint density at radius 2 is 1.81 bits per heavy atom. The zero-order chi connectivity index (χ0) is 25.8. The van der Waals surface area contributed by atoms with E-state index in [9.17, 15) is 18.7 Å². The minimum absolute atomic E-state index is 0.0115. The number of piperazine rings is 1. The topological polar surface area (TPSA) is 105 Å². The van der Waals surface area contributed by atoms with Crippen LogP contribution in [0.2, 0.25) is 0 Å². The first kappa shape index (κ1) is 23.9. The second-order valence-electron chi connectivity index (χ2n) is 9.32. The summed E-state index contributed by atoms with van der Waals surface area (Å²) in [4.78, 5) is 24.9. The van der Waals surface area contributed by atoms with Gasteiger partial charge in [0.05, 0.1) is 11.4 Å². The van der Waals surface area contributed by atoms with Crippen LogP contribution in [0.1, 0.15) is 45.3 Å². The van der Waals surface area contributed by atoms with E-state index < -0.39 is 6.29 Å². The smallest absolute Gasteiger partial charge is 0.493 e. The highest BCUT2D eigenvalue weighted by atomic mass is 19.3. The zero-order valence-corrected chi connectivity index (χ0v) is 20.5. The van der Waals surface area contributed by atoms with Gasteiger partial charge in [-0.3, -0.25) is 4.79 Å². The Labute approximate surface area is 206 Å². The highest BCUT2D eigenvalue weighted by molar-refractivity contribution is 5.94. The van der Waals surface area contributed by atoms with Crippen LogP contribution in [0, 0.1) is 0 Å². The molecule has 1 amide bonds. The number of carbonyl (C=O) groups excluding carboxylic acids is 1. The molecule has 1 saturated heterocycles. The molecule has 1 atom stereocenters. The van der Waals surface area contributed by atoms with Crippen LogP contribution in [0.25, 0.3) is 10.9 Å². The molecular weight excluding hydrogens is 474 g/mol. The second kappa shape index (κ2) is 8.68. The van der Waals surface area contributed by atoms with E-state index in [0.29, 0.717) is 54.4 Å². The van der Waals surface area contributed by atoms with Crippen LogP contribution < -0.4 is 19.7 Å². The molecule has 5 rings (SSSR count). The molecule has 1 fully saturated rings. The molecule has 0 spiro atoms. The molecule has 0 radical (unpaired) electrons. The van der Waals surface area contributed by atoms with Crippen molar-refractivity contribution in [3.8, 4) is 17.4 Å². The number of hydrogen-bond donors (Lipinski definition) is 2. The molecule has 0 saturated carbocycles. The summed E-state index contributed by atoms with van der Waals surface area (Å²) in [6.45, 7) is 9.54. The van der Waals surface area contributed by atoms with E-state index in [0.717, 1.165) is 0 Å². The number of ether oxygens (including phenoxy) is 2. The predicted octanol–water partition coefficient (Wildman–Crippen LogP) is 3.88. The van der Waals surface area contributed by atoms with Gasteiger partial charge in [-0.1, -0.05) is 6.07 Å². The second-order valence-corrected chi connectivity index (χ2v) is 9.32. The van der Waals surface area contributed by atoms with E-state index in [2.05, 4.69) is 19.8 Å². The average Bonchev–Trinajstić information content (AvgIpc) is 3.33. The fourth-order valence-corrected chi connectivity index (χ4v) is 4.46. The molecule has 2 aliphatic rings. The molecule has 1 aromatic carbocycles. The number of aromatic hydroxyl groups is 1. The van der Waals surface area contributed by atoms with Crippen LogP contribution in [0.5, 0.6) is 17.4 Å². The lowest BCUT2D eigenvalue weighted by Crippen LogP contribution is -2.48. The molecule has 4 heterocycles. The van der Waals surface area contributed by atoms with Crippen molar-refractivity contribution < 1.29 is 28.2 Å². The van der Waals surface area contributed by atoms with Gasteiger partial charge in [-0.05, 0) is 38.5 Å². The van der Waals surface area contributed by atoms with Gasteiger partial charge < -0.3 is 34.3 Å². The summed E-state index contributed by atoms with van der Waals surface area (Å²) in [6.07, 6.45) is -1.89. The minimum Gasteiger partial charge on any atom is -0.493 e. The monoisotopic (exact) mass is 502 g/mol. The molecule has 2 aliphatic heterocycles. The Hall–Kier alpha value is -3.83. The van der Waals surface area contributed by atoms with Crippen LogP contribution in [0.4, 0.5) is 20.5 Å². The lowest BCUT2D eigenvalue weighted by molar-refractivity contribution is -0.286. The van der Waals surface area contributed by atoms with Crippen molar-refractivity contribution in [3.05, 3.63) is 30.0 Å². The molecule has 0 unspecified atom stereocenters. The fraction of sp³-hybridized carbons (Fsp3) is 0.458. The normalized spacial score (nSPS) is 17.6. The number of nitrogens with zero attached hydrogens (tertiary/aromatic N) is 5. The van der Waals surface area contributed by atoms with Gasteiger partial charge in [0.15, 0.2) is 11.5 Å². The maximum atomic E-state index is 13.5. The molecule has 10 nitrogen and oxygen atoms in total. The maximum absolute atomic E-state index is 13.5. The third kappa shape index (κ3) is 4.31. The third-order valence-corrected chi connectivity index (χ3v) is 6.50. The van der Waals surface area contributed by atoms with Gasteiger partial charge in [-0.25, -0.2) is 4.98 Å². The molecule has 3 aromatic rings. The summed E-state index contributed by atoms with van der Waals surface area (Å²) in [5, 5.41) is 14.9. The van der Waals surface area contributed by atoms with Gasteiger partial charge in [0.2, 0.25) is 17.7 Å². The number of benzene rings is 1. The third-order valence-electron chi connectivity index (χ3n) is 6.50. The van der Waals surface area contributed by atoms with Crippen LogP contribution in [0.15, 0.2) is 24.4 Å². The number of nitrogens with one attached hydrogen (secondary N) is 1.